The minimum Gasteiger partial charge on any atom is -0.492 e. The number of rotatable bonds is 2. The molecule has 1 saturated carbocycles. The van der Waals surface area contributed by atoms with Crippen LogP contribution in [0.25, 0.3) is 0 Å². The molecule has 0 unspecified atom stereocenters. The molecule has 0 spiro atoms. The van der Waals surface area contributed by atoms with Crippen LogP contribution < -0.4 is 0 Å². The zero-order valence-electron chi connectivity index (χ0n) is 8.93. The number of imidazole rings is 1. The molecule has 0 aromatic carbocycles. The van der Waals surface area contributed by atoms with Crippen LogP contribution in [0.2, 0.25) is 0 Å². The van der Waals surface area contributed by atoms with Gasteiger partial charge in [0, 0.05) is 5.41 Å². The Morgan fingerprint density at radius 3 is 2.57 bits per heavy atom. The molecule has 2 rings (SSSR count). The van der Waals surface area contributed by atoms with Gasteiger partial charge in [-0.3, -0.25) is 0 Å². The summed E-state index contributed by atoms with van der Waals surface area (Å²) in [6.07, 6.45) is 5.74. The number of H-pyrrole nitrogens is 1. The first kappa shape index (κ1) is 9.56. The lowest BCUT2D eigenvalue weighted by Gasteiger charge is -2.19. The Morgan fingerprint density at radius 1 is 1.43 bits per heavy atom. The van der Waals surface area contributed by atoms with Crippen molar-refractivity contribution in [2.45, 2.75) is 51.4 Å². The summed E-state index contributed by atoms with van der Waals surface area (Å²) in [5.41, 5.74) is 1.04. The standard InChI is InChI=1S/C11H18N2O/c1-3-8-9(14)13-10(12-8)11(2)6-4-5-7-11/h14H,3-7H2,1-2H3,(H,12,13). The Kier molecular flexibility index (Phi) is 2.25. The number of aromatic nitrogens is 2. The van der Waals surface area contributed by atoms with E-state index in [0.717, 1.165) is 17.9 Å². The van der Waals surface area contributed by atoms with Gasteiger partial charge < -0.3 is 10.1 Å². The molecule has 1 aromatic heterocycles. The third-order valence-electron chi connectivity index (χ3n) is 3.39. The molecule has 1 heterocycles. The van der Waals surface area contributed by atoms with Crippen LogP contribution in [-0.2, 0) is 11.8 Å². The predicted molar refractivity (Wildman–Crippen MR) is 55.5 cm³/mol. The smallest absolute Gasteiger partial charge is 0.232 e. The number of hydrogen-bond acceptors (Lipinski definition) is 2. The Bertz CT molecular complexity index is 324. The van der Waals surface area contributed by atoms with Gasteiger partial charge in [-0.25, -0.2) is 0 Å². The van der Waals surface area contributed by atoms with Gasteiger partial charge in [0.25, 0.3) is 0 Å². The predicted octanol–water partition coefficient (Wildman–Crippen LogP) is 2.51. The second-order valence-electron chi connectivity index (χ2n) is 4.51. The lowest BCUT2D eigenvalue weighted by atomic mass is 9.88. The molecule has 0 aliphatic heterocycles. The van der Waals surface area contributed by atoms with Gasteiger partial charge in [0.05, 0.1) is 5.69 Å². The zero-order chi connectivity index (χ0) is 10.2. The van der Waals surface area contributed by atoms with Crippen molar-refractivity contribution in [1.82, 2.24) is 9.97 Å². The fourth-order valence-electron chi connectivity index (χ4n) is 2.32. The summed E-state index contributed by atoms with van der Waals surface area (Å²) in [6, 6.07) is 0. The summed E-state index contributed by atoms with van der Waals surface area (Å²) in [7, 11) is 0. The van der Waals surface area contributed by atoms with Crippen molar-refractivity contribution in [2.24, 2.45) is 0 Å². The normalized spacial score (nSPS) is 20.1. The van der Waals surface area contributed by atoms with E-state index < -0.39 is 0 Å². The van der Waals surface area contributed by atoms with Gasteiger partial charge in [-0.2, -0.15) is 4.98 Å². The zero-order valence-corrected chi connectivity index (χ0v) is 8.93. The quantitative estimate of drug-likeness (QED) is 0.760. The summed E-state index contributed by atoms with van der Waals surface area (Å²) < 4.78 is 0. The molecule has 0 bridgehead atoms. The molecule has 2 N–H and O–H groups in total. The van der Waals surface area contributed by atoms with Crippen LogP contribution in [0.1, 0.15) is 51.0 Å². The second-order valence-corrected chi connectivity index (χ2v) is 4.51. The number of nitrogens with zero attached hydrogens (tertiary/aromatic N) is 1. The van der Waals surface area contributed by atoms with E-state index in [0.29, 0.717) is 0 Å². The molecule has 0 radical (unpaired) electrons. The van der Waals surface area contributed by atoms with Crippen molar-refractivity contribution >= 4 is 0 Å². The maximum Gasteiger partial charge on any atom is 0.232 e. The van der Waals surface area contributed by atoms with Crippen molar-refractivity contribution in [3.05, 3.63) is 11.5 Å². The van der Waals surface area contributed by atoms with Crippen LogP contribution in [0, 0.1) is 0 Å². The van der Waals surface area contributed by atoms with Gasteiger partial charge >= 0.3 is 0 Å². The van der Waals surface area contributed by atoms with E-state index in [9.17, 15) is 5.11 Å². The van der Waals surface area contributed by atoms with Crippen LogP contribution in [0.4, 0.5) is 0 Å². The molecule has 1 aliphatic carbocycles. The number of nitrogens with one attached hydrogen (secondary N) is 1. The second kappa shape index (κ2) is 3.30. The molecule has 1 aliphatic rings. The fraction of sp³-hybridized carbons (Fsp3) is 0.727. The first-order chi connectivity index (χ1) is 6.65. The van der Waals surface area contributed by atoms with E-state index in [2.05, 4.69) is 16.9 Å². The average molecular weight is 194 g/mol. The van der Waals surface area contributed by atoms with Crippen LogP contribution in [0.3, 0.4) is 0 Å². The monoisotopic (exact) mass is 194 g/mol. The lowest BCUT2D eigenvalue weighted by molar-refractivity contribution is 0.433. The Morgan fingerprint density at radius 2 is 2.07 bits per heavy atom. The topological polar surface area (TPSA) is 48.9 Å². The highest BCUT2D eigenvalue weighted by molar-refractivity contribution is 5.23. The highest BCUT2D eigenvalue weighted by atomic mass is 16.3. The Labute approximate surface area is 84.6 Å². The van der Waals surface area contributed by atoms with Crippen LogP contribution in [0.15, 0.2) is 0 Å². The molecule has 78 valence electrons. The Balaban J connectivity index is 2.31. The van der Waals surface area contributed by atoms with E-state index in [4.69, 9.17) is 0 Å². The summed E-state index contributed by atoms with van der Waals surface area (Å²) in [5, 5.41) is 9.56. The molecule has 0 atom stereocenters. The van der Waals surface area contributed by atoms with E-state index in [1.54, 1.807) is 0 Å². The van der Waals surface area contributed by atoms with Gasteiger partial charge in [-0.05, 0) is 19.3 Å². The van der Waals surface area contributed by atoms with Crippen molar-refractivity contribution in [1.29, 1.82) is 0 Å². The SMILES string of the molecule is CCc1[nH]c(C2(C)CCCC2)nc1O. The number of aryl methyl sites for hydroxylation is 1. The number of hydrogen-bond donors (Lipinski definition) is 2. The van der Waals surface area contributed by atoms with Crippen molar-refractivity contribution in [3.8, 4) is 5.88 Å². The molecular weight excluding hydrogens is 176 g/mol. The van der Waals surface area contributed by atoms with Crippen LogP contribution in [-0.4, -0.2) is 15.1 Å². The van der Waals surface area contributed by atoms with E-state index in [1.807, 2.05) is 6.92 Å². The highest BCUT2D eigenvalue weighted by Gasteiger charge is 2.34. The number of aromatic amines is 1. The van der Waals surface area contributed by atoms with Crippen molar-refractivity contribution in [3.63, 3.8) is 0 Å². The van der Waals surface area contributed by atoms with Gasteiger partial charge in [0.15, 0.2) is 0 Å². The Hall–Kier alpha value is -0.990. The van der Waals surface area contributed by atoms with E-state index in [-0.39, 0.29) is 11.3 Å². The molecule has 1 fully saturated rings. The molecule has 3 nitrogen and oxygen atoms in total. The average Bonchev–Trinajstić information content (AvgIpc) is 2.73. The summed E-state index contributed by atoms with van der Waals surface area (Å²) in [4.78, 5) is 7.49. The van der Waals surface area contributed by atoms with Gasteiger partial charge in [0.2, 0.25) is 5.88 Å². The maximum absolute atomic E-state index is 9.56. The largest absolute Gasteiger partial charge is 0.492 e. The molecule has 0 saturated heterocycles. The molecule has 0 amide bonds. The molecule has 14 heavy (non-hydrogen) atoms. The summed E-state index contributed by atoms with van der Waals surface area (Å²) in [6.45, 7) is 4.26. The van der Waals surface area contributed by atoms with Crippen molar-refractivity contribution in [2.75, 3.05) is 0 Å². The first-order valence-corrected chi connectivity index (χ1v) is 5.44. The van der Waals surface area contributed by atoms with Crippen molar-refractivity contribution < 1.29 is 5.11 Å². The molecule has 3 heteroatoms. The minimum atomic E-state index is 0.172. The first-order valence-electron chi connectivity index (χ1n) is 5.44. The fourth-order valence-corrected chi connectivity index (χ4v) is 2.32. The number of aromatic hydroxyl groups is 1. The minimum absolute atomic E-state index is 0.172. The van der Waals surface area contributed by atoms with Gasteiger partial charge in [-0.15, -0.1) is 0 Å². The highest BCUT2D eigenvalue weighted by Crippen LogP contribution is 2.40. The third-order valence-corrected chi connectivity index (χ3v) is 3.39. The van der Waals surface area contributed by atoms with Gasteiger partial charge in [-0.1, -0.05) is 26.7 Å². The molecule has 1 aromatic rings. The summed E-state index contributed by atoms with van der Waals surface area (Å²) in [5.74, 6) is 1.17. The maximum atomic E-state index is 9.56. The summed E-state index contributed by atoms with van der Waals surface area (Å²) >= 11 is 0. The van der Waals surface area contributed by atoms with E-state index in [1.165, 1.54) is 25.7 Å². The third kappa shape index (κ3) is 1.41. The van der Waals surface area contributed by atoms with Crippen LogP contribution in [0.5, 0.6) is 5.88 Å². The van der Waals surface area contributed by atoms with E-state index >= 15 is 0 Å². The van der Waals surface area contributed by atoms with Gasteiger partial charge in [0.1, 0.15) is 5.82 Å². The molecular formula is C11H18N2O. The van der Waals surface area contributed by atoms with Crippen LogP contribution >= 0.6 is 0 Å². The lowest BCUT2D eigenvalue weighted by Crippen LogP contribution is -2.18.